The van der Waals surface area contributed by atoms with Gasteiger partial charge in [-0.1, -0.05) is 0 Å². The van der Waals surface area contributed by atoms with Crippen LogP contribution in [0.2, 0.25) is 0 Å². The highest BCUT2D eigenvalue weighted by Gasteiger charge is 2.29. The zero-order valence-electron chi connectivity index (χ0n) is 17.0. The Morgan fingerprint density at radius 2 is 1.55 bits per heavy atom. The van der Waals surface area contributed by atoms with Crippen molar-refractivity contribution in [3.05, 3.63) is 59.9 Å². The Morgan fingerprint density at radius 1 is 0.935 bits per heavy atom. The van der Waals surface area contributed by atoms with Gasteiger partial charge in [-0.3, -0.25) is 4.79 Å². The first kappa shape index (κ1) is 22.7. The fourth-order valence-electron chi connectivity index (χ4n) is 3.06. The zero-order chi connectivity index (χ0) is 22.4. The minimum Gasteiger partial charge on any atom is -0.490 e. The van der Waals surface area contributed by atoms with E-state index in [1.807, 2.05) is 0 Å². The second-order valence-corrected chi connectivity index (χ2v) is 8.81. The molecule has 8 nitrogen and oxygen atoms in total. The molecular formula is C21H23FN2O6S. The minimum atomic E-state index is -3.71. The number of piperazine rings is 1. The van der Waals surface area contributed by atoms with E-state index in [2.05, 4.69) is 0 Å². The van der Waals surface area contributed by atoms with Gasteiger partial charge in [-0.2, -0.15) is 4.31 Å². The van der Waals surface area contributed by atoms with Gasteiger partial charge in [0.15, 0.2) is 0 Å². The Balaban J connectivity index is 1.51. The van der Waals surface area contributed by atoms with Crippen LogP contribution in [0.25, 0.3) is 0 Å². The second kappa shape index (κ2) is 9.88. The maximum absolute atomic E-state index is 12.8. The summed E-state index contributed by atoms with van der Waals surface area (Å²) >= 11 is 0. The summed E-state index contributed by atoms with van der Waals surface area (Å²) in [6.45, 7) is 2.67. The smallest absolute Gasteiger partial charge is 0.338 e. The molecule has 0 saturated carbocycles. The highest BCUT2D eigenvalue weighted by molar-refractivity contribution is 7.89. The fraction of sp³-hybridized carbons (Fsp3) is 0.333. The molecule has 2 aromatic carbocycles. The lowest BCUT2D eigenvalue weighted by molar-refractivity contribution is -0.129. The second-order valence-electron chi connectivity index (χ2n) is 6.87. The van der Waals surface area contributed by atoms with E-state index in [1.54, 1.807) is 4.90 Å². The lowest BCUT2D eigenvalue weighted by Crippen LogP contribution is -2.49. The maximum atomic E-state index is 12.8. The van der Waals surface area contributed by atoms with Crippen molar-refractivity contribution in [2.75, 3.05) is 39.4 Å². The summed E-state index contributed by atoms with van der Waals surface area (Å²) in [5.41, 5.74) is 0.210. The number of carbonyl (C=O) groups is 2. The highest BCUT2D eigenvalue weighted by atomic mass is 32.2. The van der Waals surface area contributed by atoms with Gasteiger partial charge in [0.1, 0.15) is 24.8 Å². The van der Waals surface area contributed by atoms with Crippen LogP contribution < -0.4 is 4.74 Å². The fourth-order valence-corrected chi connectivity index (χ4v) is 4.49. The van der Waals surface area contributed by atoms with Crippen LogP contribution in [0.3, 0.4) is 0 Å². The summed E-state index contributed by atoms with van der Waals surface area (Å²) in [6.07, 6.45) is 0. The van der Waals surface area contributed by atoms with Gasteiger partial charge in [0.2, 0.25) is 15.9 Å². The molecule has 166 valence electrons. The average Bonchev–Trinajstić information content (AvgIpc) is 2.78. The molecule has 0 unspecified atom stereocenters. The molecule has 10 heteroatoms. The van der Waals surface area contributed by atoms with E-state index in [0.29, 0.717) is 18.8 Å². The first-order valence-electron chi connectivity index (χ1n) is 9.68. The molecule has 0 atom stereocenters. The number of carbonyl (C=O) groups excluding carboxylic acids is 2. The van der Waals surface area contributed by atoms with Crippen molar-refractivity contribution in [1.82, 2.24) is 9.21 Å². The monoisotopic (exact) mass is 450 g/mol. The van der Waals surface area contributed by atoms with Gasteiger partial charge in [-0.25, -0.2) is 17.6 Å². The topological polar surface area (TPSA) is 93.2 Å². The number of hydrogen-bond acceptors (Lipinski definition) is 6. The Morgan fingerprint density at radius 3 is 2.13 bits per heavy atom. The molecule has 1 saturated heterocycles. The van der Waals surface area contributed by atoms with E-state index in [9.17, 15) is 22.4 Å². The van der Waals surface area contributed by atoms with Crippen molar-refractivity contribution < 1.29 is 31.9 Å². The average molecular weight is 450 g/mol. The molecule has 0 bridgehead atoms. The third-order valence-corrected chi connectivity index (χ3v) is 6.72. The summed E-state index contributed by atoms with van der Waals surface area (Å²) < 4.78 is 50.2. The summed E-state index contributed by atoms with van der Waals surface area (Å²) in [7, 11) is -3.71. The van der Waals surface area contributed by atoms with Gasteiger partial charge in [-0.15, -0.1) is 0 Å². The first-order valence-corrected chi connectivity index (χ1v) is 11.1. The molecule has 31 heavy (non-hydrogen) atoms. The minimum absolute atomic E-state index is 0.0172. The van der Waals surface area contributed by atoms with Gasteiger partial charge in [-0.05, 0) is 48.5 Å². The molecule has 1 heterocycles. The normalized spacial score (nSPS) is 14.8. The largest absolute Gasteiger partial charge is 0.490 e. The van der Waals surface area contributed by atoms with E-state index in [-0.39, 0.29) is 48.5 Å². The molecule has 0 spiro atoms. The Hall–Kier alpha value is -2.98. The van der Waals surface area contributed by atoms with Crippen LogP contribution in [0.5, 0.6) is 5.75 Å². The van der Waals surface area contributed by atoms with Gasteiger partial charge in [0, 0.05) is 33.1 Å². The number of ether oxygens (including phenoxy) is 2. The number of rotatable bonds is 7. The van der Waals surface area contributed by atoms with Crippen molar-refractivity contribution in [3.8, 4) is 5.75 Å². The standard InChI is InChI=1S/C21H23FN2O6S/c1-16(25)23-10-12-24(13-11-23)31(27,28)20-8-2-17(3-9-20)21(26)30-15-14-29-19-6-4-18(22)5-7-19/h2-9H,10-15H2,1H3. The molecule has 1 amide bonds. The first-order chi connectivity index (χ1) is 14.8. The van der Waals surface area contributed by atoms with Crippen LogP contribution >= 0.6 is 0 Å². The number of sulfonamides is 1. The third-order valence-electron chi connectivity index (χ3n) is 4.81. The highest BCUT2D eigenvalue weighted by Crippen LogP contribution is 2.19. The van der Waals surface area contributed by atoms with E-state index < -0.39 is 16.0 Å². The Labute approximate surface area is 180 Å². The number of benzene rings is 2. The quantitative estimate of drug-likeness (QED) is 0.473. The molecule has 1 fully saturated rings. The number of esters is 1. The molecular weight excluding hydrogens is 427 g/mol. The molecule has 1 aliphatic heterocycles. The SMILES string of the molecule is CC(=O)N1CCN(S(=O)(=O)c2ccc(C(=O)OCCOc3ccc(F)cc3)cc2)CC1. The van der Waals surface area contributed by atoms with E-state index >= 15 is 0 Å². The number of halogens is 1. The van der Waals surface area contributed by atoms with Crippen LogP contribution in [0.15, 0.2) is 53.4 Å². The maximum Gasteiger partial charge on any atom is 0.338 e. The number of hydrogen-bond donors (Lipinski definition) is 0. The van der Waals surface area contributed by atoms with Crippen molar-refractivity contribution in [2.45, 2.75) is 11.8 Å². The van der Waals surface area contributed by atoms with Gasteiger partial charge in [0.05, 0.1) is 10.5 Å². The summed E-state index contributed by atoms with van der Waals surface area (Å²) in [5.74, 6) is -0.608. The Kier molecular flexibility index (Phi) is 7.24. The predicted molar refractivity (Wildman–Crippen MR) is 110 cm³/mol. The lowest BCUT2D eigenvalue weighted by atomic mass is 10.2. The van der Waals surface area contributed by atoms with Crippen LogP contribution in [0.4, 0.5) is 4.39 Å². The predicted octanol–water partition coefficient (Wildman–Crippen LogP) is 1.91. The molecule has 0 aliphatic carbocycles. The van der Waals surface area contributed by atoms with Gasteiger partial charge >= 0.3 is 5.97 Å². The van der Waals surface area contributed by atoms with Crippen LogP contribution in [-0.2, 0) is 19.6 Å². The molecule has 0 aromatic heterocycles. The molecule has 1 aliphatic rings. The van der Waals surface area contributed by atoms with Gasteiger partial charge in [0.25, 0.3) is 0 Å². The molecule has 2 aromatic rings. The molecule has 0 radical (unpaired) electrons. The summed E-state index contributed by atoms with van der Waals surface area (Å²) in [4.78, 5) is 25.2. The van der Waals surface area contributed by atoms with Crippen molar-refractivity contribution >= 4 is 21.9 Å². The van der Waals surface area contributed by atoms with Crippen molar-refractivity contribution in [2.24, 2.45) is 0 Å². The van der Waals surface area contributed by atoms with E-state index in [4.69, 9.17) is 9.47 Å². The van der Waals surface area contributed by atoms with Crippen LogP contribution in [0, 0.1) is 5.82 Å². The molecule has 0 N–H and O–H groups in total. The third kappa shape index (κ3) is 5.80. The van der Waals surface area contributed by atoms with Crippen molar-refractivity contribution in [3.63, 3.8) is 0 Å². The van der Waals surface area contributed by atoms with Crippen molar-refractivity contribution in [1.29, 1.82) is 0 Å². The number of amides is 1. The van der Waals surface area contributed by atoms with Crippen LogP contribution in [0.1, 0.15) is 17.3 Å². The van der Waals surface area contributed by atoms with E-state index in [0.717, 1.165) is 0 Å². The van der Waals surface area contributed by atoms with Gasteiger partial charge < -0.3 is 14.4 Å². The summed E-state index contributed by atoms with van der Waals surface area (Å²) in [5, 5.41) is 0. The lowest BCUT2D eigenvalue weighted by Gasteiger charge is -2.33. The number of nitrogens with zero attached hydrogens (tertiary/aromatic N) is 2. The van der Waals surface area contributed by atoms with Crippen LogP contribution in [-0.4, -0.2) is 68.9 Å². The zero-order valence-corrected chi connectivity index (χ0v) is 17.8. The Bertz CT molecular complexity index is 1020. The molecule has 3 rings (SSSR count). The van der Waals surface area contributed by atoms with E-state index in [1.165, 1.54) is 59.8 Å². The summed E-state index contributed by atoms with van der Waals surface area (Å²) in [6, 6.07) is 11.0.